The molecule has 2 saturated carbocycles. The molecule has 2 fully saturated rings. The van der Waals surface area contributed by atoms with Crippen LogP contribution in [0.3, 0.4) is 0 Å². The van der Waals surface area contributed by atoms with Crippen LogP contribution in [0.25, 0.3) is 0 Å². The first kappa shape index (κ1) is 18.2. The van der Waals surface area contributed by atoms with E-state index in [1.807, 2.05) is 0 Å². The Morgan fingerprint density at radius 2 is 1.52 bits per heavy atom. The van der Waals surface area contributed by atoms with Gasteiger partial charge in [-0.05, 0) is 24.2 Å². The number of alkyl halides is 7. The number of carbonyl (C=O) groups excluding carboxylic acids is 2. The van der Waals surface area contributed by atoms with Gasteiger partial charge in [0.2, 0.25) is 5.78 Å². The normalized spacial score (nSPS) is 34.1. The highest BCUT2D eigenvalue weighted by Gasteiger charge is 2.79. The number of hydrogen-bond donors (Lipinski definition) is 0. The molecule has 3 atom stereocenters. The average Bonchev–Trinajstić information content (AvgIpc) is 2.68. The van der Waals surface area contributed by atoms with Gasteiger partial charge in [-0.15, -0.1) is 0 Å². The molecule has 0 aliphatic heterocycles. The fourth-order valence-corrected chi connectivity index (χ4v) is 3.92. The number of fused-ring (bicyclic) bond motifs is 2. The van der Waals surface area contributed by atoms with Gasteiger partial charge in [-0.2, -0.15) is 30.7 Å². The van der Waals surface area contributed by atoms with Crippen LogP contribution in [0.4, 0.5) is 30.7 Å². The lowest BCUT2D eigenvalue weighted by Crippen LogP contribution is -2.59. The largest absolute Gasteiger partial charge is 0.460 e. The Balaban J connectivity index is 2.45. The molecule has 2 bridgehead atoms. The molecule has 0 spiro atoms. The molecule has 2 aliphatic rings. The second-order valence-corrected chi connectivity index (χ2v) is 7.05. The van der Waals surface area contributed by atoms with Gasteiger partial charge >= 0.3 is 18.0 Å². The van der Waals surface area contributed by atoms with E-state index in [-0.39, 0.29) is 12.8 Å². The zero-order chi connectivity index (χ0) is 18.2. The van der Waals surface area contributed by atoms with Crippen LogP contribution < -0.4 is 0 Å². The van der Waals surface area contributed by atoms with Crippen molar-refractivity contribution in [2.24, 2.45) is 22.7 Å². The Labute approximate surface area is 127 Å². The van der Waals surface area contributed by atoms with Crippen LogP contribution in [0.5, 0.6) is 0 Å². The molecule has 0 unspecified atom stereocenters. The molecule has 0 amide bonds. The highest BCUT2D eigenvalue weighted by molar-refractivity contribution is 6.10. The van der Waals surface area contributed by atoms with Crippen molar-refractivity contribution >= 4 is 11.6 Å². The lowest BCUT2D eigenvalue weighted by atomic mass is 9.70. The third-order valence-corrected chi connectivity index (χ3v) is 5.88. The summed E-state index contributed by atoms with van der Waals surface area (Å²) in [5.74, 6) is -19.2. The monoisotopic (exact) mass is 348 g/mol. The van der Waals surface area contributed by atoms with Gasteiger partial charge in [-0.25, -0.2) is 0 Å². The molecule has 0 aromatic carbocycles. The van der Waals surface area contributed by atoms with Gasteiger partial charge in [-0.3, -0.25) is 9.59 Å². The molecule has 0 radical (unpaired) electrons. The van der Waals surface area contributed by atoms with Crippen molar-refractivity contribution in [2.45, 2.75) is 51.6 Å². The number of Topliss-reactive ketones (excluding diaryl/α,β-unsaturated/α-hetero) is 2. The lowest BCUT2D eigenvalue weighted by molar-refractivity contribution is -0.344. The van der Waals surface area contributed by atoms with Crippen molar-refractivity contribution in [3.63, 3.8) is 0 Å². The first-order valence-corrected chi connectivity index (χ1v) is 6.94. The van der Waals surface area contributed by atoms with Crippen LogP contribution in [0, 0.1) is 22.7 Å². The summed E-state index contributed by atoms with van der Waals surface area (Å²) in [6.45, 7) is 4.51. The molecule has 2 rings (SSSR count). The van der Waals surface area contributed by atoms with E-state index in [4.69, 9.17) is 0 Å². The van der Waals surface area contributed by atoms with Crippen molar-refractivity contribution in [1.82, 2.24) is 0 Å². The number of hydrogen-bond acceptors (Lipinski definition) is 2. The zero-order valence-corrected chi connectivity index (χ0v) is 12.5. The minimum atomic E-state index is -6.59. The number of halogens is 7. The van der Waals surface area contributed by atoms with E-state index in [1.54, 1.807) is 0 Å². The van der Waals surface area contributed by atoms with Crippen molar-refractivity contribution < 1.29 is 40.3 Å². The average molecular weight is 348 g/mol. The van der Waals surface area contributed by atoms with Crippen molar-refractivity contribution in [2.75, 3.05) is 0 Å². The van der Waals surface area contributed by atoms with E-state index < -0.39 is 52.3 Å². The van der Waals surface area contributed by atoms with Gasteiger partial charge in [0, 0.05) is 5.41 Å². The molecule has 9 heteroatoms. The Morgan fingerprint density at radius 3 is 1.87 bits per heavy atom. The van der Waals surface area contributed by atoms with Gasteiger partial charge in [-0.1, -0.05) is 20.8 Å². The number of carbonyl (C=O) groups is 2. The topological polar surface area (TPSA) is 34.1 Å². The minimum absolute atomic E-state index is 0.152. The van der Waals surface area contributed by atoms with Crippen molar-refractivity contribution in [1.29, 1.82) is 0 Å². The highest BCUT2D eigenvalue weighted by Crippen LogP contribution is 2.66. The van der Waals surface area contributed by atoms with Crippen molar-refractivity contribution in [3.05, 3.63) is 0 Å². The highest BCUT2D eigenvalue weighted by atomic mass is 19.4. The second kappa shape index (κ2) is 4.47. The first-order chi connectivity index (χ1) is 10.0. The molecule has 0 N–H and O–H groups in total. The van der Waals surface area contributed by atoms with E-state index in [2.05, 4.69) is 0 Å². The summed E-state index contributed by atoms with van der Waals surface area (Å²) < 4.78 is 90.1. The summed E-state index contributed by atoms with van der Waals surface area (Å²) in [6.07, 6.45) is -6.15. The van der Waals surface area contributed by atoms with Gasteiger partial charge in [0.25, 0.3) is 0 Å². The van der Waals surface area contributed by atoms with Gasteiger partial charge in [0.15, 0.2) is 0 Å². The van der Waals surface area contributed by atoms with Crippen LogP contribution >= 0.6 is 0 Å². The molecule has 0 aromatic heterocycles. The SMILES string of the molecule is CC1(C)[C@@H]2CC[C@@]1(C)C(=O)[C@H]2C(=O)C(F)(F)C(F)(F)C(F)(F)F. The first-order valence-electron chi connectivity index (χ1n) is 6.94. The summed E-state index contributed by atoms with van der Waals surface area (Å²) in [5, 5.41) is 0. The molecule has 132 valence electrons. The van der Waals surface area contributed by atoms with Crippen LogP contribution in [0.1, 0.15) is 33.6 Å². The lowest BCUT2D eigenvalue weighted by Gasteiger charge is -2.32. The fourth-order valence-electron chi connectivity index (χ4n) is 3.92. The van der Waals surface area contributed by atoms with E-state index in [9.17, 15) is 40.3 Å². The molecule has 2 nitrogen and oxygen atoms in total. The van der Waals surface area contributed by atoms with Crippen LogP contribution in [0.15, 0.2) is 0 Å². The van der Waals surface area contributed by atoms with Crippen LogP contribution in [-0.2, 0) is 9.59 Å². The summed E-state index contributed by atoms with van der Waals surface area (Å²) in [4.78, 5) is 24.1. The van der Waals surface area contributed by atoms with Crippen LogP contribution in [-0.4, -0.2) is 29.6 Å². The van der Waals surface area contributed by atoms with E-state index in [0.717, 1.165) is 0 Å². The Hall–Kier alpha value is -1.15. The maximum Gasteiger partial charge on any atom is 0.460 e. The molecular weight excluding hydrogens is 333 g/mol. The van der Waals surface area contributed by atoms with Crippen molar-refractivity contribution in [3.8, 4) is 0 Å². The number of ketones is 2. The maximum atomic E-state index is 13.6. The van der Waals surface area contributed by atoms with Gasteiger partial charge in [0.1, 0.15) is 5.78 Å². The Kier molecular flexibility index (Phi) is 3.54. The minimum Gasteiger partial charge on any atom is -0.298 e. The summed E-state index contributed by atoms with van der Waals surface area (Å²) in [7, 11) is 0. The Morgan fingerprint density at radius 1 is 1.04 bits per heavy atom. The molecule has 0 saturated heterocycles. The predicted molar refractivity (Wildman–Crippen MR) is 64.1 cm³/mol. The number of rotatable bonds is 3. The van der Waals surface area contributed by atoms with Crippen LogP contribution in [0.2, 0.25) is 0 Å². The second-order valence-electron chi connectivity index (χ2n) is 7.05. The molecular formula is C14H15F7O2. The third kappa shape index (κ3) is 1.94. The fraction of sp³-hybridized carbons (Fsp3) is 0.857. The molecule has 0 aromatic rings. The van der Waals surface area contributed by atoms with E-state index in [0.29, 0.717) is 0 Å². The summed E-state index contributed by atoms with van der Waals surface area (Å²) in [5.41, 5.74) is -2.10. The standard InChI is InChI=1S/C14H15F7O2/c1-10(2)6-4-5-11(10,3)8(22)7(6)9(23)12(15,16)13(17,18)14(19,20)21/h6-7H,4-5H2,1-3H3/t6-,7+,11+/m1/s1. The smallest absolute Gasteiger partial charge is 0.298 e. The maximum absolute atomic E-state index is 13.6. The molecule has 23 heavy (non-hydrogen) atoms. The quantitative estimate of drug-likeness (QED) is 0.570. The third-order valence-electron chi connectivity index (χ3n) is 5.88. The van der Waals surface area contributed by atoms with E-state index >= 15 is 0 Å². The Bertz CT molecular complexity index is 564. The zero-order valence-electron chi connectivity index (χ0n) is 12.5. The summed E-state index contributed by atoms with van der Waals surface area (Å²) in [6, 6.07) is 0. The predicted octanol–water partition coefficient (Wildman–Crippen LogP) is 4.03. The molecule has 2 aliphatic carbocycles. The van der Waals surface area contributed by atoms with Gasteiger partial charge < -0.3 is 0 Å². The van der Waals surface area contributed by atoms with Gasteiger partial charge in [0.05, 0.1) is 5.92 Å². The molecule has 0 heterocycles. The summed E-state index contributed by atoms with van der Waals surface area (Å²) >= 11 is 0. The van der Waals surface area contributed by atoms with E-state index in [1.165, 1.54) is 20.8 Å².